The van der Waals surface area contributed by atoms with Crippen molar-refractivity contribution in [2.45, 2.75) is 19.0 Å². The summed E-state index contributed by atoms with van der Waals surface area (Å²) in [6, 6.07) is 1.53. The lowest BCUT2D eigenvalue weighted by Gasteiger charge is -2.05. The predicted octanol–water partition coefficient (Wildman–Crippen LogP) is 1.76. The third kappa shape index (κ3) is 4.94. The van der Waals surface area contributed by atoms with Crippen LogP contribution in [0, 0.1) is 0 Å². The van der Waals surface area contributed by atoms with Gasteiger partial charge in [0.05, 0.1) is 6.42 Å². The first-order valence-electron chi connectivity index (χ1n) is 4.11. The largest absolute Gasteiger partial charge is 0.389 e. The van der Waals surface area contributed by atoms with Gasteiger partial charge in [-0.2, -0.15) is 13.2 Å². The van der Waals surface area contributed by atoms with Crippen molar-refractivity contribution in [3.05, 3.63) is 18.5 Å². The Morgan fingerprint density at radius 1 is 1.33 bits per heavy atom. The molecule has 1 N–H and O–H groups in total. The van der Waals surface area contributed by atoms with E-state index >= 15 is 0 Å². The molecule has 0 aromatic carbocycles. The fourth-order valence-corrected chi connectivity index (χ4v) is 0.806. The van der Waals surface area contributed by atoms with E-state index in [9.17, 15) is 18.0 Å². The van der Waals surface area contributed by atoms with E-state index in [1.165, 1.54) is 18.5 Å². The molecule has 15 heavy (non-hydrogen) atoms. The van der Waals surface area contributed by atoms with Crippen LogP contribution in [0.3, 0.4) is 0 Å². The van der Waals surface area contributed by atoms with Crippen LogP contribution < -0.4 is 5.32 Å². The van der Waals surface area contributed by atoms with Crippen molar-refractivity contribution in [1.29, 1.82) is 0 Å². The standard InChI is InChI=1S/C8H8F3N3O/c9-8(10,11)3-2-6(15)14-7-12-4-1-5-13-7/h1,4-5H,2-3H2,(H,12,13,14,15). The minimum absolute atomic E-state index is 0.00433. The van der Waals surface area contributed by atoms with Crippen LogP contribution in [0.4, 0.5) is 19.1 Å². The van der Waals surface area contributed by atoms with Crippen molar-refractivity contribution in [2.24, 2.45) is 0 Å². The van der Waals surface area contributed by atoms with Crippen LogP contribution >= 0.6 is 0 Å². The fraction of sp³-hybridized carbons (Fsp3) is 0.375. The second-order valence-electron chi connectivity index (χ2n) is 2.74. The predicted molar refractivity (Wildman–Crippen MR) is 46.0 cm³/mol. The monoisotopic (exact) mass is 219 g/mol. The molecule has 0 saturated heterocycles. The summed E-state index contributed by atoms with van der Waals surface area (Å²) in [6.45, 7) is 0. The molecule has 0 radical (unpaired) electrons. The summed E-state index contributed by atoms with van der Waals surface area (Å²) in [5.41, 5.74) is 0. The minimum Gasteiger partial charge on any atom is -0.295 e. The van der Waals surface area contributed by atoms with Crippen LogP contribution in [0.1, 0.15) is 12.8 Å². The van der Waals surface area contributed by atoms with Crippen molar-refractivity contribution in [3.8, 4) is 0 Å². The van der Waals surface area contributed by atoms with E-state index in [-0.39, 0.29) is 5.95 Å². The first-order valence-corrected chi connectivity index (χ1v) is 4.11. The second-order valence-corrected chi connectivity index (χ2v) is 2.74. The number of carbonyl (C=O) groups is 1. The molecule has 0 aliphatic carbocycles. The number of rotatable bonds is 3. The van der Waals surface area contributed by atoms with Gasteiger partial charge in [-0.25, -0.2) is 9.97 Å². The molecule has 1 aromatic heterocycles. The van der Waals surface area contributed by atoms with Gasteiger partial charge in [0.15, 0.2) is 0 Å². The van der Waals surface area contributed by atoms with Gasteiger partial charge in [-0.05, 0) is 6.07 Å². The number of carbonyl (C=O) groups excluding carboxylic acids is 1. The molecule has 4 nitrogen and oxygen atoms in total. The number of alkyl halides is 3. The quantitative estimate of drug-likeness (QED) is 0.842. The van der Waals surface area contributed by atoms with Gasteiger partial charge in [-0.15, -0.1) is 0 Å². The maximum atomic E-state index is 11.7. The van der Waals surface area contributed by atoms with E-state index in [0.29, 0.717) is 0 Å². The van der Waals surface area contributed by atoms with Crippen LogP contribution in [0.5, 0.6) is 0 Å². The van der Waals surface area contributed by atoms with Gasteiger partial charge in [-0.3, -0.25) is 10.1 Å². The zero-order chi connectivity index (χ0) is 11.3. The summed E-state index contributed by atoms with van der Waals surface area (Å²) in [5.74, 6) is -0.747. The van der Waals surface area contributed by atoms with Crippen LogP contribution in [0.2, 0.25) is 0 Å². The molecule has 0 unspecified atom stereocenters. The van der Waals surface area contributed by atoms with Gasteiger partial charge in [0, 0.05) is 18.8 Å². The molecule has 1 aromatic rings. The fourth-order valence-electron chi connectivity index (χ4n) is 0.806. The highest BCUT2D eigenvalue weighted by Crippen LogP contribution is 2.21. The third-order valence-corrected chi connectivity index (χ3v) is 1.45. The molecule has 1 amide bonds. The molecule has 0 bridgehead atoms. The Bertz CT molecular complexity index is 326. The highest BCUT2D eigenvalue weighted by molar-refractivity contribution is 5.88. The number of amides is 1. The number of aromatic nitrogens is 2. The van der Waals surface area contributed by atoms with Gasteiger partial charge in [0.25, 0.3) is 0 Å². The Labute approximate surface area is 83.5 Å². The topological polar surface area (TPSA) is 54.9 Å². The summed E-state index contributed by atoms with van der Waals surface area (Å²) >= 11 is 0. The molecule has 1 heterocycles. The van der Waals surface area contributed by atoms with Crippen molar-refractivity contribution in [2.75, 3.05) is 5.32 Å². The molecule has 0 spiro atoms. The number of halogens is 3. The normalized spacial score (nSPS) is 11.1. The molecular formula is C8H8F3N3O. The zero-order valence-electron chi connectivity index (χ0n) is 7.58. The van der Waals surface area contributed by atoms with Gasteiger partial charge >= 0.3 is 6.18 Å². The number of hydrogen-bond donors (Lipinski definition) is 1. The van der Waals surface area contributed by atoms with E-state index in [4.69, 9.17) is 0 Å². The molecule has 0 fully saturated rings. The van der Waals surface area contributed by atoms with E-state index in [1.807, 2.05) is 0 Å². The molecule has 0 saturated carbocycles. The van der Waals surface area contributed by atoms with Crippen molar-refractivity contribution in [1.82, 2.24) is 9.97 Å². The average Bonchev–Trinajstić information content (AvgIpc) is 2.15. The van der Waals surface area contributed by atoms with E-state index in [1.54, 1.807) is 0 Å². The molecule has 0 atom stereocenters. The minimum atomic E-state index is -4.32. The highest BCUT2D eigenvalue weighted by atomic mass is 19.4. The first-order chi connectivity index (χ1) is 6.97. The lowest BCUT2D eigenvalue weighted by atomic mass is 10.3. The van der Waals surface area contributed by atoms with E-state index in [2.05, 4.69) is 15.3 Å². The molecule has 0 aliphatic rings. The highest BCUT2D eigenvalue weighted by Gasteiger charge is 2.27. The van der Waals surface area contributed by atoms with Crippen molar-refractivity contribution in [3.63, 3.8) is 0 Å². The van der Waals surface area contributed by atoms with E-state index in [0.717, 1.165) is 0 Å². The van der Waals surface area contributed by atoms with Gasteiger partial charge in [0.1, 0.15) is 0 Å². The maximum Gasteiger partial charge on any atom is 0.389 e. The Balaban J connectivity index is 2.38. The van der Waals surface area contributed by atoms with Crippen LogP contribution in [-0.4, -0.2) is 22.1 Å². The van der Waals surface area contributed by atoms with Gasteiger partial charge in [-0.1, -0.05) is 0 Å². The average molecular weight is 219 g/mol. The Kier molecular flexibility index (Phi) is 3.59. The van der Waals surface area contributed by atoms with Crippen molar-refractivity contribution >= 4 is 11.9 Å². The number of anilines is 1. The SMILES string of the molecule is O=C(CCC(F)(F)F)Nc1ncccn1. The molecule has 1 rings (SSSR count). The smallest absolute Gasteiger partial charge is 0.295 e. The van der Waals surface area contributed by atoms with Crippen LogP contribution in [0.25, 0.3) is 0 Å². The zero-order valence-corrected chi connectivity index (χ0v) is 7.58. The lowest BCUT2D eigenvalue weighted by Crippen LogP contribution is -2.17. The molecule has 7 heteroatoms. The first kappa shape index (κ1) is 11.4. The number of nitrogens with one attached hydrogen (secondary N) is 1. The van der Waals surface area contributed by atoms with Crippen LogP contribution in [-0.2, 0) is 4.79 Å². The van der Waals surface area contributed by atoms with Crippen molar-refractivity contribution < 1.29 is 18.0 Å². The lowest BCUT2D eigenvalue weighted by molar-refractivity contribution is -0.142. The Hall–Kier alpha value is -1.66. The summed E-state index contributed by atoms with van der Waals surface area (Å²) < 4.78 is 35.2. The number of nitrogens with zero attached hydrogens (tertiary/aromatic N) is 2. The maximum absolute atomic E-state index is 11.7. The Morgan fingerprint density at radius 3 is 2.47 bits per heavy atom. The summed E-state index contributed by atoms with van der Waals surface area (Å²) in [6.07, 6.45) is -3.33. The second kappa shape index (κ2) is 4.72. The van der Waals surface area contributed by atoms with E-state index < -0.39 is 24.9 Å². The summed E-state index contributed by atoms with van der Waals surface area (Å²) in [5, 5.41) is 2.15. The van der Waals surface area contributed by atoms with Crippen LogP contribution in [0.15, 0.2) is 18.5 Å². The summed E-state index contributed by atoms with van der Waals surface area (Å²) in [7, 11) is 0. The van der Waals surface area contributed by atoms with Gasteiger partial charge in [0.2, 0.25) is 11.9 Å². The molecule has 0 aliphatic heterocycles. The number of hydrogen-bond acceptors (Lipinski definition) is 3. The van der Waals surface area contributed by atoms with Gasteiger partial charge < -0.3 is 0 Å². The molecule has 82 valence electrons. The molecular weight excluding hydrogens is 211 g/mol. The Morgan fingerprint density at radius 2 is 1.93 bits per heavy atom. The third-order valence-electron chi connectivity index (χ3n) is 1.45. The summed E-state index contributed by atoms with van der Waals surface area (Å²) in [4.78, 5) is 18.2.